The predicted molar refractivity (Wildman–Crippen MR) is 106 cm³/mol. The molecule has 0 spiro atoms. The van der Waals surface area contributed by atoms with Gasteiger partial charge in [0.2, 0.25) is 0 Å². The van der Waals surface area contributed by atoms with Crippen molar-refractivity contribution in [3.05, 3.63) is 58.0 Å². The predicted octanol–water partition coefficient (Wildman–Crippen LogP) is 4.42. The molecule has 4 nitrogen and oxygen atoms in total. The summed E-state index contributed by atoms with van der Waals surface area (Å²) in [6.45, 7) is 3.95. The minimum Gasteiger partial charge on any atom is -0.504 e. The van der Waals surface area contributed by atoms with Crippen LogP contribution < -0.4 is 9.64 Å². The van der Waals surface area contributed by atoms with Crippen LogP contribution in [0.15, 0.2) is 41.3 Å². The van der Waals surface area contributed by atoms with Crippen LogP contribution >= 0.6 is 24.0 Å². The number of benzene rings is 2. The molecule has 1 heterocycles. The van der Waals surface area contributed by atoms with Crippen LogP contribution in [-0.4, -0.2) is 22.4 Å². The fraction of sp³-hybridized carbons (Fsp3) is 0.158. The summed E-state index contributed by atoms with van der Waals surface area (Å²) in [5.74, 6) is 0.275. The van der Waals surface area contributed by atoms with Crippen molar-refractivity contribution in [1.29, 1.82) is 0 Å². The fourth-order valence-electron chi connectivity index (χ4n) is 2.57. The molecule has 1 aliphatic rings. The lowest BCUT2D eigenvalue weighted by molar-refractivity contribution is -0.113. The zero-order valence-electron chi connectivity index (χ0n) is 14.1. The largest absolute Gasteiger partial charge is 0.504 e. The summed E-state index contributed by atoms with van der Waals surface area (Å²) in [5.41, 5.74) is 3.64. The second kappa shape index (κ2) is 6.90. The van der Waals surface area contributed by atoms with E-state index in [0.29, 0.717) is 15.0 Å². The molecule has 6 heteroatoms. The molecule has 1 fully saturated rings. The topological polar surface area (TPSA) is 49.8 Å². The number of rotatable bonds is 3. The second-order valence-electron chi connectivity index (χ2n) is 5.74. The standard InChI is InChI=1S/C19H17NO3S2/c1-11-4-5-12(2)14(8-11)20-18(22)17(25-19(20)24)10-13-6-7-15(21)16(9-13)23-3/h4-10,21H,1-3H3/b17-10-. The van der Waals surface area contributed by atoms with Gasteiger partial charge >= 0.3 is 0 Å². The molecule has 2 aromatic rings. The summed E-state index contributed by atoms with van der Waals surface area (Å²) < 4.78 is 5.62. The quantitative estimate of drug-likeness (QED) is 0.639. The number of phenols is 1. The van der Waals surface area contributed by atoms with Gasteiger partial charge < -0.3 is 9.84 Å². The van der Waals surface area contributed by atoms with Crippen LogP contribution in [0.1, 0.15) is 16.7 Å². The minimum atomic E-state index is -0.143. The zero-order valence-corrected chi connectivity index (χ0v) is 15.7. The van der Waals surface area contributed by atoms with Gasteiger partial charge in [0.25, 0.3) is 5.91 Å². The second-order valence-corrected chi connectivity index (χ2v) is 7.41. The molecule has 0 aromatic heterocycles. The van der Waals surface area contributed by atoms with Crippen LogP contribution in [-0.2, 0) is 4.79 Å². The number of thiocarbonyl (C=S) groups is 1. The van der Waals surface area contributed by atoms with Gasteiger partial charge in [0, 0.05) is 0 Å². The van der Waals surface area contributed by atoms with E-state index in [4.69, 9.17) is 17.0 Å². The third kappa shape index (κ3) is 3.41. The molecule has 1 amide bonds. The Hall–Kier alpha value is -2.31. The molecule has 0 bridgehead atoms. The Balaban J connectivity index is 1.97. The average Bonchev–Trinajstić information content (AvgIpc) is 2.85. The number of carbonyl (C=O) groups excluding carboxylic acids is 1. The molecule has 0 radical (unpaired) electrons. The van der Waals surface area contributed by atoms with E-state index >= 15 is 0 Å². The Morgan fingerprint density at radius 1 is 1.20 bits per heavy atom. The highest BCUT2D eigenvalue weighted by atomic mass is 32.2. The van der Waals surface area contributed by atoms with E-state index in [1.165, 1.54) is 24.9 Å². The summed E-state index contributed by atoms with van der Waals surface area (Å²) in [7, 11) is 1.48. The first-order valence-corrected chi connectivity index (χ1v) is 8.85. The number of carbonyl (C=O) groups is 1. The van der Waals surface area contributed by atoms with Gasteiger partial charge in [0.05, 0.1) is 17.7 Å². The van der Waals surface area contributed by atoms with Crippen molar-refractivity contribution in [2.75, 3.05) is 12.0 Å². The average molecular weight is 371 g/mol. The van der Waals surface area contributed by atoms with Gasteiger partial charge in [-0.15, -0.1) is 0 Å². The van der Waals surface area contributed by atoms with Crippen LogP contribution in [0.4, 0.5) is 5.69 Å². The first kappa shape index (κ1) is 17.5. The highest BCUT2D eigenvalue weighted by Gasteiger charge is 2.34. The molecule has 2 aromatic carbocycles. The van der Waals surface area contributed by atoms with Crippen molar-refractivity contribution in [2.45, 2.75) is 13.8 Å². The van der Waals surface area contributed by atoms with Gasteiger partial charge in [-0.2, -0.15) is 0 Å². The Morgan fingerprint density at radius 3 is 2.68 bits per heavy atom. The van der Waals surface area contributed by atoms with Gasteiger partial charge in [-0.25, -0.2) is 0 Å². The summed E-state index contributed by atoms with van der Waals surface area (Å²) in [5, 5.41) is 9.69. The third-order valence-electron chi connectivity index (χ3n) is 3.90. The lowest BCUT2D eigenvalue weighted by Crippen LogP contribution is -2.28. The molecule has 25 heavy (non-hydrogen) atoms. The SMILES string of the molecule is COc1cc(/C=C2\SC(=S)N(c3cc(C)ccc3C)C2=O)ccc1O. The van der Waals surface area contributed by atoms with Crippen LogP contribution in [0, 0.1) is 13.8 Å². The van der Waals surface area contributed by atoms with E-state index < -0.39 is 0 Å². The molecular formula is C19H17NO3S2. The third-order valence-corrected chi connectivity index (χ3v) is 5.20. The number of aromatic hydroxyl groups is 1. The van der Waals surface area contributed by atoms with Gasteiger partial charge in [-0.05, 0) is 54.8 Å². The Kier molecular flexibility index (Phi) is 4.83. The normalized spacial score (nSPS) is 16.0. The summed E-state index contributed by atoms with van der Waals surface area (Å²) in [4.78, 5) is 15.0. The number of nitrogens with zero attached hydrogens (tertiary/aromatic N) is 1. The monoisotopic (exact) mass is 371 g/mol. The smallest absolute Gasteiger partial charge is 0.270 e. The highest BCUT2D eigenvalue weighted by molar-refractivity contribution is 8.27. The summed E-state index contributed by atoms with van der Waals surface area (Å²) in [6, 6.07) is 10.9. The molecule has 1 N–H and O–H groups in total. The van der Waals surface area contributed by atoms with E-state index in [-0.39, 0.29) is 11.7 Å². The highest BCUT2D eigenvalue weighted by Crippen LogP contribution is 2.38. The first-order valence-electron chi connectivity index (χ1n) is 7.63. The number of hydrogen-bond donors (Lipinski definition) is 1. The summed E-state index contributed by atoms with van der Waals surface area (Å²) >= 11 is 6.70. The van der Waals surface area contributed by atoms with E-state index in [1.807, 2.05) is 32.0 Å². The van der Waals surface area contributed by atoms with Crippen molar-refractivity contribution in [2.24, 2.45) is 0 Å². The van der Waals surface area contributed by atoms with E-state index in [0.717, 1.165) is 22.4 Å². The minimum absolute atomic E-state index is 0.0579. The number of anilines is 1. The van der Waals surface area contributed by atoms with E-state index in [2.05, 4.69) is 0 Å². The summed E-state index contributed by atoms with van der Waals surface area (Å²) in [6.07, 6.45) is 1.76. The van der Waals surface area contributed by atoms with Crippen LogP contribution in [0.3, 0.4) is 0 Å². The zero-order chi connectivity index (χ0) is 18.1. The number of aryl methyl sites for hydroxylation is 2. The number of ether oxygens (including phenoxy) is 1. The number of phenolic OH excluding ortho intramolecular Hbond substituents is 1. The molecule has 1 aliphatic heterocycles. The van der Waals surface area contributed by atoms with Gasteiger partial charge in [-0.1, -0.05) is 42.2 Å². The van der Waals surface area contributed by atoms with Gasteiger partial charge in [-0.3, -0.25) is 9.69 Å². The number of methoxy groups -OCH3 is 1. The Labute approximate surface area is 156 Å². The van der Waals surface area contributed by atoms with Crippen molar-refractivity contribution in [1.82, 2.24) is 0 Å². The van der Waals surface area contributed by atoms with Crippen molar-refractivity contribution in [3.8, 4) is 11.5 Å². The molecule has 3 rings (SSSR count). The Bertz CT molecular complexity index is 906. The maximum Gasteiger partial charge on any atom is 0.270 e. The molecule has 1 saturated heterocycles. The van der Waals surface area contributed by atoms with Crippen molar-refractivity contribution >= 4 is 46.0 Å². The van der Waals surface area contributed by atoms with Crippen LogP contribution in [0.2, 0.25) is 0 Å². The van der Waals surface area contributed by atoms with Crippen molar-refractivity contribution < 1.29 is 14.6 Å². The molecule has 0 unspecified atom stereocenters. The molecule has 0 saturated carbocycles. The lowest BCUT2D eigenvalue weighted by Gasteiger charge is -2.17. The number of amides is 1. The lowest BCUT2D eigenvalue weighted by atomic mass is 10.1. The maximum absolute atomic E-state index is 12.9. The van der Waals surface area contributed by atoms with Crippen LogP contribution in [0.25, 0.3) is 6.08 Å². The van der Waals surface area contributed by atoms with Crippen LogP contribution in [0.5, 0.6) is 11.5 Å². The van der Waals surface area contributed by atoms with Gasteiger partial charge in [0.15, 0.2) is 15.8 Å². The molecule has 0 aliphatic carbocycles. The van der Waals surface area contributed by atoms with Crippen molar-refractivity contribution in [3.63, 3.8) is 0 Å². The molecular weight excluding hydrogens is 354 g/mol. The van der Waals surface area contributed by atoms with E-state index in [1.54, 1.807) is 23.1 Å². The molecule has 128 valence electrons. The van der Waals surface area contributed by atoms with E-state index in [9.17, 15) is 9.90 Å². The molecule has 0 atom stereocenters. The van der Waals surface area contributed by atoms with Gasteiger partial charge in [0.1, 0.15) is 0 Å². The number of hydrogen-bond acceptors (Lipinski definition) is 5. The first-order chi connectivity index (χ1) is 11.9. The Morgan fingerprint density at radius 2 is 1.96 bits per heavy atom. The number of thioether (sulfide) groups is 1. The fourth-order valence-corrected chi connectivity index (χ4v) is 3.86. The maximum atomic E-state index is 12.9.